The van der Waals surface area contributed by atoms with Gasteiger partial charge in [0.1, 0.15) is 11.5 Å². The van der Waals surface area contributed by atoms with Crippen LogP contribution in [0.2, 0.25) is 0 Å². The fourth-order valence-corrected chi connectivity index (χ4v) is 3.76. The molecular formula is C21H24N4OS. The molecule has 1 aromatic carbocycles. The molecule has 0 saturated heterocycles. The van der Waals surface area contributed by atoms with Crippen LogP contribution in [0.15, 0.2) is 36.5 Å². The number of fused-ring (bicyclic) bond motifs is 1. The molecule has 5 nitrogen and oxygen atoms in total. The van der Waals surface area contributed by atoms with Crippen molar-refractivity contribution in [1.82, 2.24) is 9.97 Å². The van der Waals surface area contributed by atoms with Gasteiger partial charge in [0.15, 0.2) is 0 Å². The van der Waals surface area contributed by atoms with Crippen LogP contribution in [0, 0.1) is 12.8 Å². The van der Waals surface area contributed by atoms with Gasteiger partial charge in [-0.15, -0.1) is 0 Å². The van der Waals surface area contributed by atoms with Crippen molar-refractivity contribution in [1.29, 1.82) is 0 Å². The van der Waals surface area contributed by atoms with Gasteiger partial charge in [0.2, 0.25) is 5.91 Å². The van der Waals surface area contributed by atoms with E-state index in [1.807, 2.05) is 18.3 Å². The van der Waals surface area contributed by atoms with Gasteiger partial charge < -0.3 is 15.0 Å². The van der Waals surface area contributed by atoms with Crippen molar-refractivity contribution < 1.29 is 4.79 Å². The van der Waals surface area contributed by atoms with E-state index in [0.29, 0.717) is 5.82 Å². The molecule has 0 unspecified atom stereocenters. The van der Waals surface area contributed by atoms with E-state index in [9.17, 15) is 4.79 Å². The van der Waals surface area contributed by atoms with Gasteiger partial charge in [-0.1, -0.05) is 24.9 Å². The molecule has 1 amide bonds. The smallest absolute Gasteiger partial charge is 0.228 e. The minimum Gasteiger partial charge on any atom is -0.346 e. The number of carbonyl (C=O) groups excluding carboxylic acids is 1. The third-order valence-corrected chi connectivity index (χ3v) is 5.73. The lowest BCUT2D eigenvalue weighted by molar-refractivity contribution is -0.117. The maximum absolute atomic E-state index is 12.2. The van der Waals surface area contributed by atoms with Crippen molar-refractivity contribution in [2.45, 2.75) is 33.1 Å². The zero-order chi connectivity index (χ0) is 18.8. The van der Waals surface area contributed by atoms with Crippen molar-refractivity contribution in [3.8, 4) is 11.1 Å². The summed E-state index contributed by atoms with van der Waals surface area (Å²) in [7, 11) is 0. The molecule has 1 aliphatic carbocycles. The summed E-state index contributed by atoms with van der Waals surface area (Å²) in [5, 5.41) is 4.03. The average molecular weight is 381 g/mol. The van der Waals surface area contributed by atoms with Crippen LogP contribution in [-0.2, 0) is 4.79 Å². The van der Waals surface area contributed by atoms with E-state index in [0.717, 1.165) is 52.9 Å². The van der Waals surface area contributed by atoms with E-state index >= 15 is 0 Å². The van der Waals surface area contributed by atoms with E-state index in [4.69, 9.17) is 0 Å². The Morgan fingerprint density at radius 3 is 2.85 bits per heavy atom. The normalized spacial score (nSPS) is 13.7. The molecule has 0 bridgehead atoms. The molecule has 140 valence electrons. The van der Waals surface area contributed by atoms with Crippen LogP contribution >= 0.6 is 11.9 Å². The highest BCUT2D eigenvalue weighted by atomic mass is 32.2. The summed E-state index contributed by atoms with van der Waals surface area (Å²) in [6.45, 7) is 4.29. The Labute approximate surface area is 163 Å². The van der Waals surface area contributed by atoms with E-state index in [1.165, 1.54) is 5.56 Å². The maximum atomic E-state index is 12.2. The van der Waals surface area contributed by atoms with E-state index < -0.39 is 0 Å². The molecule has 27 heavy (non-hydrogen) atoms. The molecular weight excluding hydrogens is 356 g/mol. The van der Waals surface area contributed by atoms with E-state index in [1.54, 1.807) is 11.9 Å². The van der Waals surface area contributed by atoms with Crippen molar-refractivity contribution in [2.24, 2.45) is 5.92 Å². The largest absolute Gasteiger partial charge is 0.346 e. The Kier molecular flexibility index (Phi) is 5.07. The van der Waals surface area contributed by atoms with Crippen molar-refractivity contribution in [2.75, 3.05) is 15.8 Å². The minimum absolute atomic E-state index is 0.0728. The molecule has 1 aliphatic rings. The summed E-state index contributed by atoms with van der Waals surface area (Å²) in [4.78, 5) is 19.9. The number of amides is 1. The number of rotatable bonds is 7. The van der Waals surface area contributed by atoms with Crippen LogP contribution in [0.5, 0.6) is 0 Å². The Bertz CT molecular complexity index is 977. The minimum atomic E-state index is 0.0728. The number of aryl methyl sites for hydroxylation is 1. The zero-order valence-corrected chi connectivity index (χ0v) is 16.5. The molecule has 6 heteroatoms. The number of aromatic nitrogens is 2. The number of H-pyrrole nitrogens is 1. The SMILES string of the molecule is CCCSNc1ccc(-c2cc(NC(=O)C3CC3)nc3[nH]ccc23)c(C)c1. The molecule has 0 radical (unpaired) electrons. The number of hydrogen-bond donors (Lipinski definition) is 3. The molecule has 1 fully saturated rings. The second-order valence-corrected chi connectivity index (χ2v) is 7.94. The Morgan fingerprint density at radius 1 is 1.26 bits per heavy atom. The summed E-state index contributed by atoms with van der Waals surface area (Å²) < 4.78 is 3.40. The number of anilines is 2. The van der Waals surface area contributed by atoms with Gasteiger partial charge >= 0.3 is 0 Å². The van der Waals surface area contributed by atoms with Crippen LogP contribution < -0.4 is 10.0 Å². The van der Waals surface area contributed by atoms with E-state index in [-0.39, 0.29) is 11.8 Å². The van der Waals surface area contributed by atoms with Gasteiger partial charge in [0.05, 0.1) is 0 Å². The summed E-state index contributed by atoms with van der Waals surface area (Å²) in [6.07, 6.45) is 4.99. The monoisotopic (exact) mass is 380 g/mol. The first kappa shape index (κ1) is 17.9. The summed E-state index contributed by atoms with van der Waals surface area (Å²) in [6, 6.07) is 10.4. The fourth-order valence-electron chi connectivity index (χ4n) is 3.16. The first-order chi connectivity index (χ1) is 13.2. The maximum Gasteiger partial charge on any atom is 0.228 e. The van der Waals surface area contributed by atoms with Crippen LogP contribution in [0.4, 0.5) is 11.5 Å². The number of hydrogen-bond acceptors (Lipinski definition) is 4. The highest BCUT2D eigenvalue weighted by Crippen LogP contribution is 2.35. The number of aromatic amines is 1. The second kappa shape index (κ2) is 7.64. The molecule has 0 atom stereocenters. The van der Waals surface area contributed by atoms with Crippen LogP contribution in [0.25, 0.3) is 22.2 Å². The predicted octanol–water partition coefficient (Wildman–Crippen LogP) is 5.36. The Balaban J connectivity index is 1.67. The number of pyridine rings is 1. The third kappa shape index (κ3) is 3.95. The summed E-state index contributed by atoms with van der Waals surface area (Å²) >= 11 is 1.73. The number of nitrogens with one attached hydrogen (secondary N) is 3. The van der Waals surface area contributed by atoms with Crippen molar-refractivity contribution >= 4 is 40.4 Å². The summed E-state index contributed by atoms with van der Waals surface area (Å²) in [5.41, 5.74) is 5.31. The van der Waals surface area contributed by atoms with Gasteiger partial charge in [-0.2, -0.15) is 0 Å². The molecule has 0 aliphatic heterocycles. The molecule has 4 rings (SSSR count). The van der Waals surface area contributed by atoms with Gasteiger partial charge in [-0.3, -0.25) is 4.79 Å². The molecule has 2 heterocycles. The van der Waals surface area contributed by atoms with Gasteiger partial charge in [-0.05, 0) is 67.1 Å². The van der Waals surface area contributed by atoms with Crippen LogP contribution in [0.1, 0.15) is 31.7 Å². The van der Waals surface area contributed by atoms with Crippen LogP contribution in [0.3, 0.4) is 0 Å². The van der Waals surface area contributed by atoms with Crippen molar-refractivity contribution in [3.05, 3.63) is 42.1 Å². The van der Waals surface area contributed by atoms with E-state index in [2.05, 4.69) is 52.1 Å². The lowest BCUT2D eigenvalue weighted by Crippen LogP contribution is -2.14. The molecule has 0 spiro atoms. The quantitative estimate of drug-likeness (QED) is 0.381. The highest BCUT2D eigenvalue weighted by molar-refractivity contribution is 8.00. The Hall–Kier alpha value is -2.47. The molecule has 2 aromatic heterocycles. The molecule has 3 N–H and O–H groups in total. The standard InChI is InChI=1S/C21H24N4OS/c1-3-10-27-25-15-6-7-16(13(2)11-15)18-12-19(24-21(26)14-4-5-14)23-20-17(18)8-9-22-20/h6-9,11-12,14,25H,3-5,10H2,1-2H3,(H2,22,23,24,26). The first-order valence-electron chi connectivity index (χ1n) is 9.43. The van der Waals surface area contributed by atoms with Gasteiger partial charge in [0.25, 0.3) is 0 Å². The molecule has 3 aromatic rings. The van der Waals surface area contributed by atoms with Crippen molar-refractivity contribution in [3.63, 3.8) is 0 Å². The zero-order valence-electron chi connectivity index (χ0n) is 15.6. The topological polar surface area (TPSA) is 69.8 Å². The average Bonchev–Trinajstić information content (AvgIpc) is 3.40. The number of carbonyl (C=O) groups is 1. The summed E-state index contributed by atoms with van der Waals surface area (Å²) in [5.74, 6) is 1.92. The highest BCUT2D eigenvalue weighted by Gasteiger charge is 2.30. The number of nitrogens with zero attached hydrogens (tertiary/aromatic N) is 1. The second-order valence-electron chi connectivity index (χ2n) is 7.04. The fraction of sp³-hybridized carbons (Fsp3) is 0.333. The first-order valence-corrected chi connectivity index (χ1v) is 10.4. The van der Waals surface area contributed by atoms with Gasteiger partial charge in [-0.25, -0.2) is 4.98 Å². The van der Waals surface area contributed by atoms with Crippen LogP contribution in [-0.4, -0.2) is 21.6 Å². The molecule has 1 saturated carbocycles. The third-order valence-electron chi connectivity index (χ3n) is 4.74. The lowest BCUT2D eigenvalue weighted by atomic mass is 9.98. The number of benzene rings is 1. The predicted molar refractivity (Wildman–Crippen MR) is 114 cm³/mol. The Morgan fingerprint density at radius 2 is 2.11 bits per heavy atom. The lowest BCUT2D eigenvalue weighted by Gasteiger charge is -2.13. The van der Waals surface area contributed by atoms with Gasteiger partial charge in [0, 0.05) is 28.9 Å².